The quantitative estimate of drug-likeness (QED) is 0.673. The van der Waals surface area contributed by atoms with E-state index >= 15 is 0 Å². The second-order valence-corrected chi connectivity index (χ2v) is 6.89. The number of nitrogens with one attached hydrogen (secondary N) is 2. The Morgan fingerprint density at radius 1 is 1.20 bits per heavy atom. The fourth-order valence-corrected chi connectivity index (χ4v) is 3.44. The Labute approximate surface area is 170 Å². The molecule has 1 saturated heterocycles. The molecule has 1 aliphatic rings. The van der Waals surface area contributed by atoms with E-state index in [9.17, 15) is 18.4 Å². The number of hydrogen-bond acceptors (Lipinski definition) is 4. The van der Waals surface area contributed by atoms with Crippen molar-refractivity contribution in [3.05, 3.63) is 60.2 Å². The van der Waals surface area contributed by atoms with Crippen LogP contribution >= 0.6 is 0 Å². The van der Waals surface area contributed by atoms with Crippen molar-refractivity contribution in [2.75, 3.05) is 23.9 Å². The van der Waals surface area contributed by atoms with Gasteiger partial charge in [-0.2, -0.15) is 5.10 Å². The highest BCUT2D eigenvalue weighted by Crippen LogP contribution is 2.33. The first kappa shape index (κ1) is 19.6. The summed E-state index contributed by atoms with van der Waals surface area (Å²) in [6, 6.07) is 11.7. The van der Waals surface area contributed by atoms with Gasteiger partial charge < -0.3 is 15.0 Å². The van der Waals surface area contributed by atoms with Crippen LogP contribution in [0.3, 0.4) is 0 Å². The molecular formula is C21H18F2N4O3. The number of rotatable bonds is 5. The average Bonchev–Trinajstić information content (AvgIpc) is 3.34. The molecule has 1 fully saturated rings. The van der Waals surface area contributed by atoms with E-state index in [1.54, 1.807) is 24.3 Å². The molecule has 0 saturated carbocycles. The highest BCUT2D eigenvalue weighted by Gasteiger charge is 2.36. The van der Waals surface area contributed by atoms with Crippen molar-refractivity contribution in [3.63, 3.8) is 0 Å². The molecular weight excluding hydrogens is 394 g/mol. The zero-order valence-electron chi connectivity index (χ0n) is 16.0. The number of hydrogen-bond donors (Lipinski definition) is 2. The van der Waals surface area contributed by atoms with Gasteiger partial charge in [0.15, 0.2) is 5.82 Å². The molecule has 1 aliphatic heterocycles. The Kier molecular flexibility index (Phi) is 5.18. The second kappa shape index (κ2) is 7.94. The summed E-state index contributed by atoms with van der Waals surface area (Å²) in [6.07, 6.45) is 0.0519. The van der Waals surface area contributed by atoms with Crippen molar-refractivity contribution < 1.29 is 23.1 Å². The van der Waals surface area contributed by atoms with Crippen LogP contribution in [0.5, 0.6) is 5.75 Å². The fraction of sp³-hybridized carbons (Fsp3) is 0.190. The molecule has 30 heavy (non-hydrogen) atoms. The van der Waals surface area contributed by atoms with Gasteiger partial charge in [0.1, 0.15) is 17.4 Å². The fourth-order valence-electron chi connectivity index (χ4n) is 3.44. The van der Waals surface area contributed by atoms with Crippen molar-refractivity contribution in [3.8, 4) is 17.0 Å². The van der Waals surface area contributed by atoms with E-state index in [1.165, 1.54) is 18.1 Å². The zero-order chi connectivity index (χ0) is 21.3. The summed E-state index contributed by atoms with van der Waals surface area (Å²) in [5.74, 6) is -1.82. The van der Waals surface area contributed by atoms with Crippen molar-refractivity contribution in [1.82, 2.24) is 10.2 Å². The van der Waals surface area contributed by atoms with Gasteiger partial charge in [0.25, 0.3) is 0 Å². The zero-order valence-corrected chi connectivity index (χ0v) is 16.0. The number of halogens is 2. The summed E-state index contributed by atoms with van der Waals surface area (Å²) in [4.78, 5) is 26.6. The van der Waals surface area contributed by atoms with Gasteiger partial charge in [0.05, 0.1) is 24.4 Å². The molecule has 0 spiro atoms. The van der Waals surface area contributed by atoms with E-state index in [0.29, 0.717) is 17.1 Å². The van der Waals surface area contributed by atoms with E-state index in [-0.39, 0.29) is 36.2 Å². The van der Waals surface area contributed by atoms with E-state index in [4.69, 9.17) is 4.74 Å². The van der Waals surface area contributed by atoms with Gasteiger partial charge in [-0.05, 0) is 24.3 Å². The van der Waals surface area contributed by atoms with Crippen molar-refractivity contribution >= 4 is 23.3 Å². The maximum absolute atomic E-state index is 13.4. The molecule has 0 bridgehead atoms. The number of carbonyl (C=O) groups is 2. The molecule has 1 unspecified atom stereocenters. The number of anilines is 2. The van der Waals surface area contributed by atoms with Gasteiger partial charge in [0, 0.05) is 30.7 Å². The molecule has 154 valence electrons. The van der Waals surface area contributed by atoms with Crippen LogP contribution in [-0.4, -0.2) is 35.7 Å². The minimum Gasteiger partial charge on any atom is -0.495 e. The molecule has 4 rings (SSSR count). The van der Waals surface area contributed by atoms with Crippen LogP contribution in [0.25, 0.3) is 11.3 Å². The Hall–Kier alpha value is -3.75. The lowest BCUT2D eigenvalue weighted by molar-refractivity contribution is -0.122. The number of carbonyl (C=O) groups excluding carboxylic acids is 2. The lowest BCUT2D eigenvalue weighted by Crippen LogP contribution is -2.28. The summed E-state index contributed by atoms with van der Waals surface area (Å²) in [6.45, 7) is 0.206. The van der Waals surface area contributed by atoms with E-state index in [0.717, 1.165) is 18.2 Å². The second-order valence-electron chi connectivity index (χ2n) is 6.89. The van der Waals surface area contributed by atoms with Crippen molar-refractivity contribution in [2.24, 2.45) is 5.92 Å². The van der Waals surface area contributed by atoms with Crippen LogP contribution in [-0.2, 0) is 9.59 Å². The Bertz CT molecular complexity index is 1090. The van der Waals surface area contributed by atoms with Gasteiger partial charge in [-0.1, -0.05) is 12.1 Å². The maximum atomic E-state index is 13.4. The first-order valence-corrected chi connectivity index (χ1v) is 9.20. The third-order valence-corrected chi connectivity index (χ3v) is 4.87. The molecule has 2 amide bonds. The molecule has 1 aromatic heterocycles. The Morgan fingerprint density at radius 3 is 2.67 bits per heavy atom. The van der Waals surface area contributed by atoms with Gasteiger partial charge in [-0.15, -0.1) is 0 Å². The molecule has 2 aromatic carbocycles. The SMILES string of the molecule is COc1ccccc1N1CC(C(=O)Nc2cc(-c3cc(F)cc(F)c3)[nH]n2)CC1=O. The first-order chi connectivity index (χ1) is 14.4. The standard InChI is InChI=1S/C21H18F2N4O3/c1-30-18-5-3-2-4-17(18)27-11-13(8-20(27)28)21(29)24-19-10-16(25-26-19)12-6-14(22)9-15(23)7-12/h2-7,9-10,13H,8,11H2,1H3,(H2,24,25,26,29). The topological polar surface area (TPSA) is 87.3 Å². The summed E-state index contributed by atoms with van der Waals surface area (Å²) in [7, 11) is 1.52. The van der Waals surface area contributed by atoms with Gasteiger partial charge in [-0.3, -0.25) is 14.7 Å². The molecule has 0 aliphatic carbocycles. The molecule has 2 heterocycles. The summed E-state index contributed by atoms with van der Waals surface area (Å²) < 4.78 is 32.1. The van der Waals surface area contributed by atoms with Gasteiger partial charge in [-0.25, -0.2) is 8.78 Å². The molecule has 0 radical (unpaired) electrons. The number of aromatic amines is 1. The van der Waals surface area contributed by atoms with Crippen LogP contribution in [0.2, 0.25) is 0 Å². The van der Waals surface area contributed by atoms with Gasteiger partial charge in [0.2, 0.25) is 11.8 Å². The highest BCUT2D eigenvalue weighted by molar-refractivity contribution is 6.04. The molecule has 9 heteroatoms. The lowest BCUT2D eigenvalue weighted by Gasteiger charge is -2.19. The molecule has 7 nitrogen and oxygen atoms in total. The number of amides is 2. The lowest BCUT2D eigenvalue weighted by atomic mass is 10.1. The van der Waals surface area contributed by atoms with Crippen molar-refractivity contribution in [1.29, 1.82) is 0 Å². The van der Waals surface area contributed by atoms with Crippen molar-refractivity contribution in [2.45, 2.75) is 6.42 Å². The van der Waals surface area contributed by atoms with Crippen LogP contribution in [0.1, 0.15) is 6.42 Å². The van der Waals surface area contributed by atoms with Crippen LogP contribution in [0.15, 0.2) is 48.5 Å². The number of nitrogens with zero attached hydrogens (tertiary/aromatic N) is 2. The van der Waals surface area contributed by atoms with Crippen LogP contribution in [0.4, 0.5) is 20.3 Å². The molecule has 3 aromatic rings. The number of H-pyrrole nitrogens is 1. The van der Waals surface area contributed by atoms with E-state index in [2.05, 4.69) is 15.5 Å². The number of ether oxygens (including phenoxy) is 1. The molecule has 2 N–H and O–H groups in total. The number of para-hydroxylation sites is 2. The Balaban J connectivity index is 1.46. The number of aromatic nitrogens is 2. The molecule has 1 atom stereocenters. The van der Waals surface area contributed by atoms with Gasteiger partial charge >= 0.3 is 0 Å². The van der Waals surface area contributed by atoms with E-state index < -0.39 is 17.6 Å². The summed E-state index contributed by atoms with van der Waals surface area (Å²) >= 11 is 0. The predicted molar refractivity (Wildman–Crippen MR) is 106 cm³/mol. The minimum atomic E-state index is -0.717. The average molecular weight is 412 g/mol. The predicted octanol–water partition coefficient (Wildman–Crippen LogP) is 3.36. The first-order valence-electron chi connectivity index (χ1n) is 9.20. The number of methoxy groups -OCH3 is 1. The smallest absolute Gasteiger partial charge is 0.231 e. The third kappa shape index (κ3) is 3.86. The van der Waals surface area contributed by atoms with Crippen LogP contribution in [0, 0.1) is 17.6 Å². The largest absolute Gasteiger partial charge is 0.495 e. The van der Waals surface area contributed by atoms with E-state index in [1.807, 2.05) is 0 Å². The third-order valence-electron chi connectivity index (χ3n) is 4.87. The summed E-state index contributed by atoms with van der Waals surface area (Å²) in [5, 5.41) is 9.25. The number of benzene rings is 2. The minimum absolute atomic E-state index is 0.0519. The Morgan fingerprint density at radius 2 is 1.93 bits per heavy atom. The van der Waals surface area contributed by atoms with Crippen LogP contribution < -0.4 is 15.0 Å². The summed E-state index contributed by atoms with van der Waals surface area (Å²) in [5.41, 5.74) is 1.22. The highest BCUT2D eigenvalue weighted by atomic mass is 19.1. The maximum Gasteiger partial charge on any atom is 0.231 e. The monoisotopic (exact) mass is 412 g/mol. The normalized spacial score (nSPS) is 16.0.